The summed E-state index contributed by atoms with van der Waals surface area (Å²) < 4.78 is 4.93. The lowest BCUT2D eigenvalue weighted by atomic mass is 10.3. The van der Waals surface area contributed by atoms with Crippen molar-refractivity contribution in [1.82, 2.24) is 10.2 Å². The van der Waals surface area contributed by atoms with E-state index in [1.807, 2.05) is 0 Å². The third kappa shape index (κ3) is 3.51. The summed E-state index contributed by atoms with van der Waals surface area (Å²) in [4.78, 5) is 24.7. The third-order valence-electron chi connectivity index (χ3n) is 2.44. The monoisotopic (exact) mass is 214 g/mol. The van der Waals surface area contributed by atoms with Gasteiger partial charge in [0, 0.05) is 33.2 Å². The first-order valence-corrected chi connectivity index (χ1v) is 5.22. The molecule has 0 aromatic rings. The fourth-order valence-corrected chi connectivity index (χ4v) is 1.62. The van der Waals surface area contributed by atoms with Crippen LogP contribution in [0, 0.1) is 0 Å². The quantitative estimate of drug-likeness (QED) is 0.657. The van der Waals surface area contributed by atoms with E-state index in [-0.39, 0.29) is 11.8 Å². The van der Waals surface area contributed by atoms with Gasteiger partial charge in [0.1, 0.15) is 6.04 Å². The van der Waals surface area contributed by atoms with Crippen molar-refractivity contribution < 1.29 is 14.3 Å². The molecule has 1 saturated heterocycles. The van der Waals surface area contributed by atoms with Crippen molar-refractivity contribution in [3.63, 3.8) is 0 Å². The van der Waals surface area contributed by atoms with Gasteiger partial charge in [0.2, 0.25) is 11.8 Å². The van der Waals surface area contributed by atoms with Crippen LogP contribution in [0.15, 0.2) is 0 Å². The minimum absolute atomic E-state index is 0.00282. The van der Waals surface area contributed by atoms with Gasteiger partial charge in [-0.2, -0.15) is 0 Å². The fourth-order valence-electron chi connectivity index (χ4n) is 1.62. The largest absolute Gasteiger partial charge is 0.385 e. The summed E-state index contributed by atoms with van der Waals surface area (Å²) in [5, 5.41) is 2.65. The van der Waals surface area contributed by atoms with Crippen LogP contribution in [0.4, 0.5) is 0 Å². The molecule has 86 valence electrons. The van der Waals surface area contributed by atoms with Crippen LogP contribution in [0.3, 0.4) is 0 Å². The van der Waals surface area contributed by atoms with Gasteiger partial charge in [-0.25, -0.2) is 0 Å². The Hall–Kier alpha value is -1.10. The van der Waals surface area contributed by atoms with Gasteiger partial charge in [-0.15, -0.1) is 0 Å². The molecule has 0 aliphatic carbocycles. The van der Waals surface area contributed by atoms with Gasteiger partial charge in [0.05, 0.1) is 0 Å². The number of carbonyl (C=O) groups is 2. The van der Waals surface area contributed by atoms with Crippen LogP contribution < -0.4 is 5.32 Å². The Morgan fingerprint density at radius 1 is 1.53 bits per heavy atom. The predicted octanol–water partition coefficient (Wildman–Crippen LogP) is -0.240. The summed E-state index contributed by atoms with van der Waals surface area (Å²) in [6.45, 7) is 3.53. The molecule has 0 aromatic carbocycles. The SMILES string of the molecule is COCCCN1CCC(=O)NC(C)C1=O. The predicted molar refractivity (Wildman–Crippen MR) is 55.3 cm³/mol. The number of nitrogens with one attached hydrogen (secondary N) is 1. The van der Waals surface area contributed by atoms with E-state index in [0.29, 0.717) is 26.1 Å². The van der Waals surface area contributed by atoms with Crippen molar-refractivity contribution in [1.29, 1.82) is 0 Å². The van der Waals surface area contributed by atoms with E-state index in [0.717, 1.165) is 6.42 Å². The molecule has 1 heterocycles. The topological polar surface area (TPSA) is 58.6 Å². The Labute approximate surface area is 89.8 Å². The highest BCUT2D eigenvalue weighted by atomic mass is 16.5. The maximum atomic E-state index is 11.8. The summed E-state index contributed by atoms with van der Waals surface area (Å²) in [7, 11) is 1.64. The first-order chi connectivity index (χ1) is 7.15. The molecule has 0 saturated carbocycles. The molecule has 1 atom stereocenters. The van der Waals surface area contributed by atoms with Crippen LogP contribution in [0.1, 0.15) is 19.8 Å². The number of methoxy groups -OCH3 is 1. The summed E-state index contributed by atoms with van der Waals surface area (Å²) in [6.07, 6.45) is 1.20. The summed E-state index contributed by atoms with van der Waals surface area (Å²) in [6, 6.07) is -0.400. The number of amides is 2. The number of nitrogens with zero attached hydrogens (tertiary/aromatic N) is 1. The molecule has 1 aliphatic heterocycles. The van der Waals surface area contributed by atoms with Gasteiger partial charge in [-0.1, -0.05) is 0 Å². The average molecular weight is 214 g/mol. The van der Waals surface area contributed by atoms with Crippen molar-refractivity contribution in [3.05, 3.63) is 0 Å². The molecule has 1 N–H and O–H groups in total. The molecular weight excluding hydrogens is 196 g/mol. The van der Waals surface area contributed by atoms with E-state index in [4.69, 9.17) is 4.74 Å². The first kappa shape index (κ1) is 12.0. The zero-order valence-electron chi connectivity index (χ0n) is 9.28. The molecule has 1 aliphatic rings. The van der Waals surface area contributed by atoms with E-state index >= 15 is 0 Å². The third-order valence-corrected chi connectivity index (χ3v) is 2.44. The van der Waals surface area contributed by atoms with E-state index < -0.39 is 6.04 Å². The molecule has 2 amide bonds. The lowest BCUT2D eigenvalue weighted by Crippen LogP contribution is -2.43. The van der Waals surface area contributed by atoms with Gasteiger partial charge in [0.25, 0.3) is 0 Å². The Balaban J connectivity index is 2.47. The van der Waals surface area contributed by atoms with Gasteiger partial charge < -0.3 is 15.0 Å². The summed E-state index contributed by atoms with van der Waals surface area (Å²) in [5.74, 6) is -0.0537. The van der Waals surface area contributed by atoms with E-state index in [1.165, 1.54) is 0 Å². The van der Waals surface area contributed by atoms with Crippen LogP contribution in [0.25, 0.3) is 0 Å². The number of hydrogen-bond acceptors (Lipinski definition) is 3. The maximum absolute atomic E-state index is 11.8. The first-order valence-electron chi connectivity index (χ1n) is 5.22. The minimum Gasteiger partial charge on any atom is -0.385 e. The van der Waals surface area contributed by atoms with Crippen molar-refractivity contribution in [2.75, 3.05) is 26.8 Å². The van der Waals surface area contributed by atoms with Crippen LogP contribution in [-0.2, 0) is 14.3 Å². The number of carbonyl (C=O) groups excluding carboxylic acids is 2. The highest BCUT2D eigenvalue weighted by Crippen LogP contribution is 2.04. The number of rotatable bonds is 4. The normalized spacial score (nSPS) is 22.5. The Bertz CT molecular complexity index is 243. The molecule has 1 fully saturated rings. The van der Waals surface area contributed by atoms with Crippen molar-refractivity contribution in [3.8, 4) is 0 Å². The lowest BCUT2D eigenvalue weighted by molar-refractivity contribution is -0.133. The Kier molecular flexibility index (Phi) is 4.55. The molecule has 15 heavy (non-hydrogen) atoms. The van der Waals surface area contributed by atoms with Crippen LogP contribution in [0.2, 0.25) is 0 Å². The fraction of sp³-hybridized carbons (Fsp3) is 0.800. The number of hydrogen-bond donors (Lipinski definition) is 1. The summed E-state index contributed by atoms with van der Waals surface area (Å²) >= 11 is 0. The van der Waals surface area contributed by atoms with Gasteiger partial charge in [-0.05, 0) is 13.3 Å². The van der Waals surface area contributed by atoms with Gasteiger partial charge in [-0.3, -0.25) is 9.59 Å². The van der Waals surface area contributed by atoms with E-state index in [2.05, 4.69) is 5.32 Å². The second kappa shape index (κ2) is 5.70. The molecule has 5 nitrogen and oxygen atoms in total. The minimum atomic E-state index is -0.400. The summed E-state index contributed by atoms with van der Waals surface area (Å²) in [5.41, 5.74) is 0. The molecule has 0 bridgehead atoms. The standard InChI is InChI=1S/C10H18N2O3/c1-8-10(14)12(5-3-7-15-2)6-4-9(13)11-8/h8H,3-7H2,1-2H3,(H,11,13). The zero-order chi connectivity index (χ0) is 11.3. The maximum Gasteiger partial charge on any atom is 0.244 e. The highest BCUT2D eigenvalue weighted by Gasteiger charge is 2.25. The Morgan fingerprint density at radius 2 is 2.27 bits per heavy atom. The average Bonchev–Trinajstić information content (AvgIpc) is 2.31. The molecule has 0 aromatic heterocycles. The van der Waals surface area contributed by atoms with Gasteiger partial charge in [0.15, 0.2) is 0 Å². The van der Waals surface area contributed by atoms with Crippen molar-refractivity contribution in [2.24, 2.45) is 0 Å². The van der Waals surface area contributed by atoms with Gasteiger partial charge >= 0.3 is 0 Å². The molecular formula is C10H18N2O3. The van der Waals surface area contributed by atoms with Crippen LogP contribution in [-0.4, -0.2) is 49.6 Å². The zero-order valence-corrected chi connectivity index (χ0v) is 9.28. The van der Waals surface area contributed by atoms with Crippen LogP contribution in [0.5, 0.6) is 0 Å². The molecule has 0 radical (unpaired) electrons. The second-order valence-corrected chi connectivity index (χ2v) is 3.71. The Morgan fingerprint density at radius 3 is 2.93 bits per heavy atom. The van der Waals surface area contributed by atoms with E-state index in [9.17, 15) is 9.59 Å². The van der Waals surface area contributed by atoms with Crippen molar-refractivity contribution in [2.45, 2.75) is 25.8 Å². The second-order valence-electron chi connectivity index (χ2n) is 3.71. The van der Waals surface area contributed by atoms with Crippen molar-refractivity contribution >= 4 is 11.8 Å². The molecule has 0 spiro atoms. The number of ether oxygens (including phenoxy) is 1. The molecule has 1 rings (SSSR count). The lowest BCUT2D eigenvalue weighted by Gasteiger charge is -2.21. The smallest absolute Gasteiger partial charge is 0.244 e. The highest BCUT2D eigenvalue weighted by molar-refractivity contribution is 5.89. The van der Waals surface area contributed by atoms with Crippen LogP contribution >= 0.6 is 0 Å². The molecule has 5 heteroatoms. The van der Waals surface area contributed by atoms with E-state index in [1.54, 1.807) is 18.9 Å². The molecule has 1 unspecified atom stereocenters.